The summed E-state index contributed by atoms with van der Waals surface area (Å²) in [7, 11) is 0. The lowest BCUT2D eigenvalue weighted by atomic mass is 9.91. The molecule has 0 aliphatic rings. The molecule has 276 valence electrons. The number of benzene rings is 10. The lowest BCUT2D eigenvalue weighted by Gasteiger charge is -2.30. The third kappa shape index (κ3) is 5.47. The van der Waals surface area contributed by atoms with E-state index >= 15 is 0 Å². The molecule has 0 fully saturated rings. The van der Waals surface area contributed by atoms with Crippen LogP contribution in [0.15, 0.2) is 217 Å². The van der Waals surface area contributed by atoms with Crippen molar-refractivity contribution in [2.45, 2.75) is 0 Å². The highest BCUT2D eigenvalue weighted by molar-refractivity contribution is 7.26. The van der Waals surface area contributed by atoms with Crippen molar-refractivity contribution in [1.82, 2.24) is 0 Å². The van der Waals surface area contributed by atoms with Crippen molar-refractivity contribution in [1.29, 1.82) is 0 Å². The Morgan fingerprint density at radius 2 is 1.02 bits per heavy atom. The highest BCUT2D eigenvalue weighted by Gasteiger charge is 2.24. The molecule has 59 heavy (non-hydrogen) atoms. The second kappa shape index (κ2) is 13.6. The predicted octanol–water partition coefficient (Wildman–Crippen LogP) is 16.7. The molecule has 0 atom stereocenters. The highest BCUT2D eigenvalue weighted by Crippen LogP contribution is 2.49. The maximum atomic E-state index is 6.60. The standard InChI is InChI=1S/C56H35NOS/c1-2-15-36(16-3-1)42-32-31-39(49-34-38-17-4-5-20-41(38)44-21-6-7-22-45(44)49)35-51(42)57(50-27-14-30-54-55(50)48-24-9-11-29-53(48)59-54)40-19-12-18-37(33-40)43-25-13-26-47-46-23-8-10-28-52(46)58-56(43)47/h1-35H. The van der Waals surface area contributed by atoms with Gasteiger partial charge in [0.15, 0.2) is 0 Å². The predicted molar refractivity (Wildman–Crippen MR) is 253 cm³/mol. The summed E-state index contributed by atoms with van der Waals surface area (Å²) in [6.07, 6.45) is 0. The lowest BCUT2D eigenvalue weighted by Crippen LogP contribution is -2.12. The van der Waals surface area contributed by atoms with Gasteiger partial charge in [0.05, 0.1) is 11.4 Å². The Bertz CT molecular complexity index is 3580. The van der Waals surface area contributed by atoms with Crippen LogP contribution in [0.4, 0.5) is 17.1 Å². The molecule has 0 N–H and O–H groups in total. The van der Waals surface area contributed by atoms with Crippen LogP contribution >= 0.6 is 11.3 Å². The van der Waals surface area contributed by atoms with Crippen molar-refractivity contribution in [2.24, 2.45) is 0 Å². The van der Waals surface area contributed by atoms with Gasteiger partial charge in [0.25, 0.3) is 0 Å². The van der Waals surface area contributed by atoms with Gasteiger partial charge >= 0.3 is 0 Å². The normalized spacial score (nSPS) is 11.7. The van der Waals surface area contributed by atoms with E-state index in [0.717, 1.165) is 66.8 Å². The summed E-state index contributed by atoms with van der Waals surface area (Å²) in [5.41, 5.74) is 12.0. The largest absolute Gasteiger partial charge is 0.455 e. The molecule has 0 unspecified atom stereocenters. The molecular formula is C56H35NOS. The zero-order chi connectivity index (χ0) is 38.9. The molecule has 0 amide bonds. The molecule has 0 saturated carbocycles. The van der Waals surface area contributed by atoms with Crippen LogP contribution in [-0.4, -0.2) is 0 Å². The average Bonchev–Trinajstić information content (AvgIpc) is 3.88. The van der Waals surface area contributed by atoms with Gasteiger partial charge in [-0.25, -0.2) is 0 Å². The third-order valence-electron chi connectivity index (χ3n) is 11.8. The molecule has 12 rings (SSSR count). The molecule has 2 heterocycles. The lowest BCUT2D eigenvalue weighted by molar-refractivity contribution is 0.670. The Balaban J connectivity index is 1.16. The molecule has 2 nitrogen and oxygen atoms in total. The summed E-state index contributed by atoms with van der Waals surface area (Å²) in [5.74, 6) is 0. The van der Waals surface area contributed by atoms with Crippen molar-refractivity contribution >= 4 is 92.1 Å². The first kappa shape index (κ1) is 33.7. The third-order valence-corrected chi connectivity index (χ3v) is 13.0. The molecule has 12 aromatic rings. The fraction of sp³-hybridized carbons (Fsp3) is 0. The van der Waals surface area contributed by atoms with Crippen molar-refractivity contribution < 1.29 is 4.42 Å². The minimum atomic E-state index is 0.897. The van der Waals surface area contributed by atoms with E-state index in [1.807, 2.05) is 17.4 Å². The van der Waals surface area contributed by atoms with E-state index in [0.29, 0.717) is 0 Å². The summed E-state index contributed by atoms with van der Waals surface area (Å²) in [5, 5.41) is 9.75. The molecule has 10 aromatic carbocycles. The first-order valence-electron chi connectivity index (χ1n) is 20.1. The number of anilines is 3. The summed E-state index contributed by atoms with van der Waals surface area (Å²) in [6, 6.07) is 77.1. The van der Waals surface area contributed by atoms with E-state index < -0.39 is 0 Å². The first-order valence-corrected chi connectivity index (χ1v) is 20.9. The molecule has 0 bridgehead atoms. The second-order valence-electron chi connectivity index (χ2n) is 15.2. The van der Waals surface area contributed by atoms with Crippen molar-refractivity contribution in [2.75, 3.05) is 4.90 Å². The minimum Gasteiger partial charge on any atom is -0.455 e. The van der Waals surface area contributed by atoms with Crippen LogP contribution < -0.4 is 4.90 Å². The van der Waals surface area contributed by atoms with Crippen LogP contribution in [0, 0.1) is 0 Å². The van der Waals surface area contributed by atoms with Crippen LogP contribution in [0.2, 0.25) is 0 Å². The molecule has 0 aliphatic heterocycles. The zero-order valence-corrected chi connectivity index (χ0v) is 32.8. The second-order valence-corrected chi connectivity index (χ2v) is 16.3. The molecular weight excluding hydrogens is 735 g/mol. The van der Waals surface area contributed by atoms with Crippen LogP contribution in [-0.2, 0) is 0 Å². The summed E-state index contributed by atoms with van der Waals surface area (Å²) < 4.78 is 9.13. The van der Waals surface area contributed by atoms with Gasteiger partial charge in [-0.2, -0.15) is 0 Å². The first-order chi connectivity index (χ1) is 29.3. The molecule has 2 aromatic heterocycles. The topological polar surface area (TPSA) is 16.4 Å². The molecule has 0 aliphatic carbocycles. The van der Waals surface area contributed by atoms with E-state index in [4.69, 9.17) is 4.42 Å². The van der Waals surface area contributed by atoms with Gasteiger partial charge in [-0.1, -0.05) is 164 Å². The van der Waals surface area contributed by atoms with Crippen LogP contribution in [0.3, 0.4) is 0 Å². The Kier molecular flexibility index (Phi) is 7.75. The Hall–Kier alpha value is -7.46. The molecule has 3 heteroatoms. The number of rotatable bonds is 6. The Labute approximate surface area is 345 Å². The van der Waals surface area contributed by atoms with Gasteiger partial charge in [-0.05, 0) is 92.3 Å². The van der Waals surface area contributed by atoms with Crippen molar-refractivity contribution in [3.63, 3.8) is 0 Å². The van der Waals surface area contributed by atoms with Gasteiger partial charge in [0.2, 0.25) is 0 Å². The van der Waals surface area contributed by atoms with E-state index in [1.54, 1.807) is 0 Å². The zero-order valence-electron chi connectivity index (χ0n) is 32.0. The minimum absolute atomic E-state index is 0.897. The van der Waals surface area contributed by atoms with E-state index in [1.165, 1.54) is 47.3 Å². The quantitative estimate of drug-likeness (QED) is 0.157. The van der Waals surface area contributed by atoms with Gasteiger partial charge < -0.3 is 9.32 Å². The maximum absolute atomic E-state index is 6.60. The van der Waals surface area contributed by atoms with Crippen LogP contribution in [0.1, 0.15) is 0 Å². The summed E-state index contributed by atoms with van der Waals surface area (Å²) in [4.78, 5) is 2.50. The average molecular weight is 770 g/mol. The molecule has 0 saturated heterocycles. The van der Waals surface area contributed by atoms with Crippen molar-refractivity contribution in [3.8, 4) is 33.4 Å². The smallest absolute Gasteiger partial charge is 0.143 e. The van der Waals surface area contributed by atoms with Crippen molar-refractivity contribution in [3.05, 3.63) is 212 Å². The van der Waals surface area contributed by atoms with Gasteiger partial charge in [0.1, 0.15) is 11.2 Å². The van der Waals surface area contributed by atoms with Gasteiger partial charge in [-0.15, -0.1) is 11.3 Å². The fourth-order valence-corrected chi connectivity index (χ4v) is 10.3. The fourth-order valence-electron chi connectivity index (χ4n) is 9.18. The number of nitrogens with zero attached hydrogens (tertiary/aromatic N) is 1. The number of hydrogen-bond donors (Lipinski definition) is 0. The maximum Gasteiger partial charge on any atom is 0.143 e. The number of para-hydroxylation sites is 2. The molecule has 0 radical (unpaired) electrons. The SMILES string of the molecule is c1ccc(-c2ccc(-c3cc4ccccc4c4ccccc34)cc2N(c2cccc(-c3cccc4c3oc3ccccc34)c2)c2cccc3sc4ccccc4c23)cc1. The van der Waals surface area contributed by atoms with E-state index in [9.17, 15) is 0 Å². The van der Waals surface area contributed by atoms with Crippen LogP contribution in [0.25, 0.3) is 97.0 Å². The Morgan fingerprint density at radius 3 is 1.92 bits per heavy atom. The van der Waals surface area contributed by atoms with Crippen LogP contribution in [0.5, 0.6) is 0 Å². The summed E-state index contributed by atoms with van der Waals surface area (Å²) >= 11 is 1.85. The summed E-state index contributed by atoms with van der Waals surface area (Å²) in [6.45, 7) is 0. The number of thiophene rings is 1. The van der Waals surface area contributed by atoms with Gasteiger partial charge in [0, 0.05) is 47.8 Å². The van der Waals surface area contributed by atoms with E-state index in [2.05, 4.69) is 211 Å². The number of fused-ring (bicyclic) bond motifs is 9. The highest BCUT2D eigenvalue weighted by atomic mass is 32.1. The molecule has 0 spiro atoms. The number of furan rings is 1. The number of hydrogen-bond acceptors (Lipinski definition) is 3. The Morgan fingerprint density at radius 1 is 0.356 bits per heavy atom. The van der Waals surface area contributed by atoms with Gasteiger partial charge in [-0.3, -0.25) is 0 Å². The monoisotopic (exact) mass is 769 g/mol. The van der Waals surface area contributed by atoms with E-state index in [-0.39, 0.29) is 0 Å².